The molecular formula is C27H55O3PV. The summed E-state index contributed by atoms with van der Waals surface area (Å²) >= 11 is 0. The second-order valence-electron chi connectivity index (χ2n) is 10.3. The fourth-order valence-corrected chi connectivity index (χ4v) is 4.71. The van der Waals surface area contributed by atoms with Crippen LogP contribution in [-0.2, 0) is 32.9 Å². The van der Waals surface area contributed by atoms with Gasteiger partial charge in [0.05, 0.1) is 1.28 Å². The maximum atomic E-state index is 11.0. The molecule has 0 saturated heterocycles. The molecule has 1 aliphatic rings. The SMILES string of the molecule is CC(=O)C1C(C)(C)C1(C)C.CCCC(CCC)C(C)=O.CCCC(CCC)C(C)=O.[2H]P.[V]. The summed E-state index contributed by atoms with van der Waals surface area (Å²) in [5.41, 5.74) is 0.470. The van der Waals surface area contributed by atoms with E-state index in [1.165, 1.54) is 0 Å². The van der Waals surface area contributed by atoms with Crippen molar-refractivity contribution in [3.63, 3.8) is 0 Å². The predicted octanol–water partition coefficient (Wildman–Crippen LogP) is 7.90. The predicted molar refractivity (Wildman–Crippen MR) is 141 cm³/mol. The van der Waals surface area contributed by atoms with E-state index in [2.05, 4.69) is 55.4 Å². The van der Waals surface area contributed by atoms with Crippen molar-refractivity contribution in [2.45, 2.75) is 128 Å². The van der Waals surface area contributed by atoms with Crippen molar-refractivity contribution in [2.75, 3.05) is 0 Å². The van der Waals surface area contributed by atoms with E-state index in [4.69, 9.17) is 1.28 Å². The van der Waals surface area contributed by atoms with Crippen molar-refractivity contribution in [3.8, 4) is 0 Å². The standard InChI is InChI=1S/C9H16O.2C9H18O.H3P.V/c1-6(10)7-8(2,3)9(7,4)5;2*1-4-6-9(7-5-2)8(3)10;;/h7H,1-5H3;2*9H,4-7H2,1-3H3;1H3;/i;;;1D;. The molecule has 0 heterocycles. The Bertz CT molecular complexity index is 483. The van der Waals surface area contributed by atoms with Gasteiger partial charge in [-0.25, -0.2) is 0 Å². The Balaban J connectivity index is -0.000000181. The quantitative estimate of drug-likeness (QED) is 0.266. The number of rotatable bonds is 11. The van der Waals surface area contributed by atoms with Crippen LogP contribution < -0.4 is 0 Å². The van der Waals surface area contributed by atoms with Crippen LogP contribution in [0.25, 0.3) is 0 Å². The van der Waals surface area contributed by atoms with Gasteiger partial charge in [0.1, 0.15) is 17.3 Å². The number of hydrogen-bond acceptors (Lipinski definition) is 3. The fourth-order valence-electron chi connectivity index (χ4n) is 4.71. The minimum atomic E-state index is 0. The van der Waals surface area contributed by atoms with Crippen LogP contribution in [-0.4, -0.2) is 18.6 Å². The van der Waals surface area contributed by atoms with Gasteiger partial charge in [-0.1, -0.05) is 81.1 Å². The topological polar surface area (TPSA) is 51.2 Å². The summed E-state index contributed by atoms with van der Waals surface area (Å²) in [4.78, 5) is 32.9. The first-order valence-electron chi connectivity index (χ1n) is 12.8. The average molecular weight is 511 g/mol. The molecule has 0 aromatic carbocycles. The van der Waals surface area contributed by atoms with Crippen LogP contribution in [0.3, 0.4) is 0 Å². The first-order chi connectivity index (χ1) is 14.8. The van der Waals surface area contributed by atoms with E-state index in [0.29, 0.717) is 35.1 Å². The van der Waals surface area contributed by atoms with Crippen molar-refractivity contribution in [2.24, 2.45) is 28.6 Å². The monoisotopic (exact) mass is 510 g/mol. The van der Waals surface area contributed by atoms with Crippen LogP contribution in [0.4, 0.5) is 0 Å². The molecule has 0 bridgehead atoms. The van der Waals surface area contributed by atoms with Crippen LogP contribution >= 0.6 is 9.84 Å². The molecule has 32 heavy (non-hydrogen) atoms. The number of hydrogen-bond donors (Lipinski definition) is 0. The Hall–Kier alpha value is 0.0244. The Morgan fingerprint density at radius 2 is 0.906 bits per heavy atom. The van der Waals surface area contributed by atoms with E-state index in [1.807, 2.05) is 0 Å². The molecule has 0 N–H and O–H groups in total. The van der Waals surface area contributed by atoms with Crippen LogP contribution in [0.2, 0.25) is 0 Å². The normalized spacial score (nSPS) is 15.5. The third kappa shape index (κ3) is 13.7. The zero-order valence-corrected chi connectivity index (χ0v) is 25.7. The molecule has 0 aliphatic heterocycles. The van der Waals surface area contributed by atoms with Gasteiger partial charge in [-0.2, -0.15) is 9.84 Å². The van der Waals surface area contributed by atoms with E-state index in [-0.39, 0.29) is 29.4 Å². The van der Waals surface area contributed by atoms with Gasteiger partial charge in [-0.15, -0.1) is 0 Å². The van der Waals surface area contributed by atoms with Crippen LogP contribution in [0.15, 0.2) is 0 Å². The molecule has 1 rings (SSSR count). The second-order valence-corrected chi connectivity index (χ2v) is 10.3. The maximum absolute atomic E-state index is 11.0. The first kappa shape index (κ1) is 36.6. The molecule has 3 nitrogen and oxygen atoms in total. The molecule has 1 atom stereocenters. The van der Waals surface area contributed by atoms with Gasteiger partial charge >= 0.3 is 0 Å². The number of Topliss-reactive ketones (excluding diaryl/α,β-unsaturated/α-hetero) is 3. The van der Waals surface area contributed by atoms with Crippen molar-refractivity contribution in [1.82, 2.24) is 0 Å². The molecule has 0 spiro atoms. The summed E-state index contributed by atoms with van der Waals surface area (Å²) in [5.74, 6) is 2.05. The Morgan fingerprint density at radius 1 is 0.688 bits per heavy atom. The van der Waals surface area contributed by atoms with Gasteiger partial charge in [-0.3, -0.25) is 14.4 Å². The van der Waals surface area contributed by atoms with Crippen LogP contribution in [0.5, 0.6) is 0 Å². The van der Waals surface area contributed by atoms with Gasteiger partial charge in [-0.05, 0) is 57.3 Å². The second kappa shape index (κ2) is 19.3. The Labute approximate surface area is 217 Å². The molecule has 0 aromatic heterocycles. The summed E-state index contributed by atoms with van der Waals surface area (Å²) in [6, 6.07) is 0. The molecule has 5 heteroatoms. The van der Waals surface area contributed by atoms with E-state index in [0.717, 1.165) is 51.4 Å². The first-order valence-corrected chi connectivity index (χ1v) is 12.3. The summed E-state index contributed by atoms with van der Waals surface area (Å²) < 4.78 is 5.67. The zero-order chi connectivity index (χ0) is 26.1. The molecular weight excluding hydrogens is 454 g/mol. The van der Waals surface area contributed by atoms with Gasteiger partial charge in [0, 0.05) is 36.3 Å². The third-order valence-corrected chi connectivity index (χ3v) is 7.13. The largest absolute Gasteiger partial charge is 0.300 e. The van der Waals surface area contributed by atoms with E-state index in [9.17, 15) is 14.4 Å². The molecule has 1 fully saturated rings. The fraction of sp³-hybridized carbons (Fsp3) is 0.889. The van der Waals surface area contributed by atoms with Crippen molar-refractivity contribution in [3.05, 3.63) is 0 Å². The number of carbonyl (C=O) groups excluding carboxylic acids is 3. The molecule has 1 saturated carbocycles. The van der Waals surface area contributed by atoms with Crippen LogP contribution in [0.1, 0.15) is 128 Å². The van der Waals surface area contributed by atoms with Crippen molar-refractivity contribution >= 4 is 27.2 Å². The summed E-state index contributed by atoms with van der Waals surface area (Å²) in [6.07, 6.45) is 8.81. The van der Waals surface area contributed by atoms with E-state index >= 15 is 0 Å². The van der Waals surface area contributed by atoms with Crippen LogP contribution in [0, 0.1) is 28.6 Å². The summed E-state index contributed by atoms with van der Waals surface area (Å²) in [5, 5.41) is 0. The third-order valence-electron chi connectivity index (χ3n) is 7.13. The van der Waals surface area contributed by atoms with E-state index in [1.54, 1.807) is 30.6 Å². The minimum Gasteiger partial charge on any atom is -0.300 e. The van der Waals surface area contributed by atoms with Crippen molar-refractivity contribution in [1.29, 1.82) is 1.28 Å². The average Bonchev–Trinajstić information content (AvgIpc) is 3.12. The molecule has 0 aromatic rings. The Kier molecular flexibility index (Phi) is 22.1. The molecule has 1 radical (unpaired) electrons. The van der Waals surface area contributed by atoms with Gasteiger partial charge in [0.25, 0.3) is 0 Å². The number of carbonyl (C=O) groups is 3. The molecule has 191 valence electrons. The van der Waals surface area contributed by atoms with Gasteiger partial charge in [0.15, 0.2) is 0 Å². The van der Waals surface area contributed by atoms with Gasteiger partial charge < -0.3 is 0 Å². The molecule has 1 aliphatic carbocycles. The Morgan fingerprint density at radius 3 is 0.969 bits per heavy atom. The number of ketones is 3. The maximum Gasteiger partial charge on any atom is 0.134 e. The molecule has 1 unspecified atom stereocenters. The summed E-state index contributed by atoms with van der Waals surface area (Å²) in [6.45, 7) is 22.3. The van der Waals surface area contributed by atoms with E-state index < -0.39 is 0 Å². The zero-order valence-electron chi connectivity index (χ0n) is 24.1. The van der Waals surface area contributed by atoms with Crippen molar-refractivity contribution < 1.29 is 32.9 Å². The molecule has 0 amide bonds. The minimum absolute atomic E-state index is 0. The smallest absolute Gasteiger partial charge is 0.134 e. The summed E-state index contributed by atoms with van der Waals surface area (Å²) in [7, 11) is 1.67. The van der Waals surface area contributed by atoms with Gasteiger partial charge in [0.2, 0.25) is 0 Å².